The van der Waals surface area contributed by atoms with Gasteiger partial charge in [0, 0.05) is 36.3 Å². The second-order valence-electron chi connectivity index (χ2n) is 7.39. The quantitative estimate of drug-likeness (QED) is 0.270. The number of anilines is 1. The van der Waals surface area contributed by atoms with E-state index in [0.29, 0.717) is 17.4 Å². The first-order valence-electron chi connectivity index (χ1n) is 10.1. The molecule has 4 aromatic rings. The zero-order chi connectivity index (χ0) is 26.0. The summed E-state index contributed by atoms with van der Waals surface area (Å²) in [6.45, 7) is 2.87. The lowest BCUT2D eigenvalue weighted by Gasteiger charge is -2.11. The molecular formula is C21H17N7O7S. The van der Waals surface area contributed by atoms with Crippen LogP contribution in [0.2, 0.25) is 0 Å². The molecule has 0 radical (unpaired) electrons. The molecule has 0 aliphatic carbocycles. The molecule has 0 aliphatic heterocycles. The Morgan fingerprint density at radius 3 is 2.17 bits per heavy atom. The number of nitro benzene ring substituents is 2. The Bertz CT molecular complexity index is 1540. The van der Waals surface area contributed by atoms with Crippen molar-refractivity contribution in [2.75, 3.05) is 4.72 Å². The predicted molar refractivity (Wildman–Crippen MR) is 126 cm³/mol. The number of aromatic nitrogens is 4. The third-order valence-electron chi connectivity index (χ3n) is 4.90. The molecular weight excluding hydrogens is 494 g/mol. The van der Waals surface area contributed by atoms with Gasteiger partial charge in [-0.1, -0.05) is 0 Å². The van der Waals surface area contributed by atoms with E-state index in [1.807, 2.05) is 0 Å². The Hall–Kier alpha value is -4.92. The molecule has 4 rings (SSSR count). The maximum atomic E-state index is 12.8. The summed E-state index contributed by atoms with van der Waals surface area (Å²) in [6, 6.07) is 10.6. The lowest BCUT2D eigenvalue weighted by atomic mass is 10.1. The maximum Gasteiger partial charge on any atom is 0.280 e. The van der Waals surface area contributed by atoms with E-state index < -0.39 is 36.1 Å². The van der Waals surface area contributed by atoms with Crippen molar-refractivity contribution in [2.45, 2.75) is 18.7 Å². The molecule has 0 aliphatic rings. The number of nitrogens with one attached hydrogen (secondary N) is 1. The average Bonchev–Trinajstić information content (AvgIpc) is 3.34. The number of hydrogen-bond acceptors (Lipinski definition) is 10. The topological polar surface area (TPSA) is 185 Å². The van der Waals surface area contributed by atoms with Crippen LogP contribution in [0.1, 0.15) is 11.4 Å². The third kappa shape index (κ3) is 5.10. The van der Waals surface area contributed by atoms with Gasteiger partial charge in [0.05, 0.1) is 9.85 Å². The molecule has 0 bridgehead atoms. The first-order valence-corrected chi connectivity index (χ1v) is 11.6. The Balaban J connectivity index is 1.56. The van der Waals surface area contributed by atoms with Crippen molar-refractivity contribution in [3.63, 3.8) is 0 Å². The molecule has 2 aromatic carbocycles. The summed E-state index contributed by atoms with van der Waals surface area (Å²) in [6.07, 6.45) is 3.31. The molecule has 0 saturated carbocycles. The highest BCUT2D eigenvalue weighted by Gasteiger charge is 2.28. The van der Waals surface area contributed by atoms with E-state index in [2.05, 4.69) is 19.8 Å². The molecule has 2 aromatic heterocycles. The summed E-state index contributed by atoms with van der Waals surface area (Å²) in [7, 11) is -4.38. The first kappa shape index (κ1) is 24.2. The first-order chi connectivity index (χ1) is 17.0. The number of rotatable bonds is 8. The van der Waals surface area contributed by atoms with Crippen LogP contribution >= 0.6 is 0 Å². The summed E-state index contributed by atoms with van der Waals surface area (Å²) in [5.41, 5.74) is -1.50. The van der Waals surface area contributed by atoms with Crippen molar-refractivity contribution < 1.29 is 23.0 Å². The van der Waals surface area contributed by atoms with Gasteiger partial charge in [0.15, 0.2) is 5.82 Å². The minimum absolute atomic E-state index is 0.101. The van der Waals surface area contributed by atoms with Crippen LogP contribution in [0.4, 0.5) is 17.1 Å². The highest BCUT2D eigenvalue weighted by Crippen LogP contribution is 2.32. The molecule has 184 valence electrons. The van der Waals surface area contributed by atoms with Gasteiger partial charge in [-0.15, -0.1) is 0 Å². The van der Waals surface area contributed by atoms with Crippen LogP contribution in [-0.2, 0) is 10.0 Å². The zero-order valence-corrected chi connectivity index (χ0v) is 19.5. The average molecular weight is 511 g/mol. The largest absolute Gasteiger partial charge is 0.439 e. The smallest absolute Gasteiger partial charge is 0.280 e. The Labute approximate surface area is 203 Å². The number of nitrogens with zero attached hydrogens (tertiary/aromatic N) is 6. The summed E-state index contributed by atoms with van der Waals surface area (Å²) < 4.78 is 35.2. The number of nitro groups is 2. The van der Waals surface area contributed by atoms with E-state index >= 15 is 0 Å². The summed E-state index contributed by atoms with van der Waals surface area (Å²) in [5, 5.41) is 26.7. The van der Waals surface area contributed by atoms with Crippen molar-refractivity contribution in [2.24, 2.45) is 0 Å². The molecule has 0 atom stereocenters. The molecule has 1 N–H and O–H groups in total. The minimum atomic E-state index is -4.38. The molecule has 0 amide bonds. The highest BCUT2D eigenvalue weighted by molar-refractivity contribution is 7.92. The molecule has 0 fully saturated rings. The molecule has 36 heavy (non-hydrogen) atoms. The van der Waals surface area contributed by atoms with Gasteiger partial charge >= 0.3 is 0 Å². The van der Waals surface area contributed by atoms with Crippen molar-refractivity contribution in [3.05, 3.63) is 92.5 Å². The van der Waals surface area contributed by atoms with Crippen LogP contribution in [-0.4, -0.2) is 38.0 Å². The highest BCUT2D eigenvalue weighted by atomic mass is 32.2. The van der Waals surface area contributed by atoms with Crippen LogP contribution in [0.5, 0.6) is 11.6 Å². The third-order valence-corrected chi connectivity index (χ3v) is 6.26. The van der Waals surface area contributed by atoms with E-state index in [1.54, 1.807) is 36.1 Å². The van der Waals surface area contributed by atoms with Gasteiger partial charge in [-0.3, -0.25) is 25.0 Å². The number of sulfonamides is 1. The SMILES string of the molecule is Cc1nc(Oc2ccc(NS(=O)(=O)c3cc([N+](=O)[O-])c(C)c([N+](=O)[O-])c3)cc2)cc(-n2cccn2)n1. The Morgan fingerprint density at radius 1 is 0.972 bits per heavy atom. The van der Waals surface area contributed by atoms with Crippen molar-refractivity contribution in [1.82, 2.24) is 19.7 Å². The number of benzene rings is 2. The fourth-order valence-corrected chi connectivity index (χ4v) is 4.32. The molecule has 2 heterocycles. The molecule has 14 nitrogen and oxygen atoms in total. The second kappa shape index (κ2) is 9.38. The number of ether oxygens (including phenoxy) is 1. The van der Waals surface area contributed by atoms with Crippen molar-refractivity contribution in [3.8, 4) is 17.4 Å². The van der Waals surface area contributed by atoms with Crippen LogP contribution in [0.25, 0.3) is 5.82 Å². The monoisotopic (exact) mass is 511 g/mol. The number of hydrogen-bond donors (Lipinski definition) is 1. The maximum absolute atomic E-state index is 12.8. The lowest BCUT2D eigenvalue weighted by Crippen LogP contribution is -2.14. The van der Waals surface area contributed by atoms with Crippen molar-refractivity contribution in [1.29, 1.82) is 0 Å². The standard InChI is InChI=1S/C21H17N7O7S/c1-13-18(27(29)30)10-17(11-19(13)28(31)32)36(33,34)25-15-4-6-16(7-5-15)35-21-12-20(23-14(2)24-21)26-9-3-8-22-26/h3-12,25H,1-2H3. The van der Waals surface area contributed by atoms with Gasteiger partial charge in [-0.05, 0) is 44.2 Å². The van der Waals surface area contributed by atoms with Crippen LogP contribution in [0, 0.1) is 34.1 Å². The minimum Gasteiger partial charge on any atom is -0.439 e. The molecule has 15 heteroatoms. The van der Waals surface area contributed by atoms with Crippen LogP contribution in [0.15, 0.2) is 65.8 Å². The van der Waals surface area contributed by atoms with Gasteiger partial charge in [0.2, 0.25) is 5.88 Å². The van der Waals surface area contributed by atoms with E-state index in [1.165, 1.54) is 31.2 Å². The van der Waals surface area contributed by atoms with Gasteiger partial charge in [-0.25, -0.2) is 18.1 Å². The van der Waals surface area contributed by atoms with E-state index in [-0.39, 0.29) is 17.1 Å². The van der Waals surface area contributed by atoms with Crippen LogP contribution in [0.3, 0.4) is 0 Å². The van der Waals surface area contributed by atoms with E-state index in [0.717, 1.165) is 12.1 Å². The normalized spacial score (nSPS) is 11.2. The second-order valence-corrected chi connectivity index (χ2v) is 9.08. The Morgan fingerprint density at radius 2 is 1.61 bits per heavy atom. The fourth-order valence-electron chi connectivity index (χ4n) is 3.22. The van der Waals surface area contributed by atoms with Gasteiger partial charge in [0.1, 0.15) is 22.0 Å². The Kier molecular flexibility index (Phi) is 6.31. The van der Waals surface area contributed by atoms with E-state index in [4.69, 9.17) is 4.74 Å². The van der Waals surface area contributed by atoms with E-state index in [9.17, 15) is 28.6 Å². The van der Waals surface area contributed by atoms with Gasteiger partial charge in [0.25, 0.3) is 21.4 Å². The van der Waals surface area contributed by atoms with Gasteiger partial charge < -0.3 is 4.74 Å². The summed E-state index contributed by atoms with van der Waals surface area (Å²) >= 11 is 0. The van der Waals surface area contributed by atoms with Gasteiger partial charge in [-0.2, -0.15) is 10.1 Å². The fraction of sp³-hybridized carbons (Fsp3) is 0.0952. The molecule has 0 spiro atoms. The summed E-state index contributed by atoms with van der Waals surface area (Å²) in [4.78, 5) is 28.7. The predicted octanol–water partition coefficient (Wildman–Crippen LogP) is 3.69. The molecule has 0 unspecified atom stereocenters. The van der Waals surface area contributed by atoms with Crippen molar-refractivity contribution >= 4 is 27.1 Å². The zero-order valence-electron chi connectivity index (χ0n) is 18.7. The lowest BCUT2D eigenvalue weighted by molar-refractivity contribution is -0.395. The molecule has 0 saturated heterocycles. The number of aryl methyl sites for hydroxylation is 1. The summed E-state index contributed by atoms with van der Waals surface area (Å²) in [5.74, 6) is 1.52. The van der Waals surface area contributed by atoms with Crippen LogP contribution < -0.4 is 9.46 Å².